The Morgan fingerprint density at radius 3 is 1.92 bits per heavy atom. The van der Waals surface area contributed by atoms with Crippen molar-refractivity contribution in [3.63, 3.8) is 0 Å². The van der Waals surface area contributed by atoms with Crippen LogP contribution in [0.4, 0.5) is 0 Å². The van der Waals surface area contributed by atoms with Crippen LogP contribution in [-0.4, -0.2) is 6.04 Å². The summed E-state index contributed by atoms with van der Waals surface area (Å²) in [5.41, 5.74) is 0. The molecule has 4 heteroatoms. The van der Waals surface area contributed by atoms with Crippen molar-refractivity contribution < 1.29 is 0 Å². The summed E-state index contributed by atoms with van der Waals surface area (Å²) in [5, 5.41) is 20.1. The molecule has 0 aromatic rings. The molecule has 1 aliphatic rings. The second-order valence-corrected chi connectivity index (χ2v) is 3.12. The highest BCUT2D eigenvalue weighted by Gasteiger charge is 2.29. The largest absolute Gasteiger partial charge is 0.198 e. The minimum atomic E-state index is -0.326. The molecule has 1 rings (SSSR count). The van der Waals surface area contributed by atoms with E-state index < -0.39 is 0 Å². The van der Waals surface area contributed by atoms with E-state index in [1.54, 1.807) is 0 Å². The molecular formula is C8H9N3O. The molecule has 1 fully saturated rings. The van der Waals surface area contributed by atoms with Crippen molar-refractivity contribution in [1.82, 2.24) is 0 Å². The summed E-state index contributed by atoms with van der Waals surface area (Å²) < 4.78 is 0. The smallest absolute Gasteiger partial charge is 0.0944 e. The second kappa shape index (κ2) is 3.82. The molecule has 0 heterocycles. The number of nitriles is 2. The van der Waals surface area contributed by atoms with E-state index in [2.05, 4.69) is 17.3 Å². The summed E-state index contributed by atoms with van der Waals surface area (Å²) in [4.78, 5) is 10.2. The fraction of sp³-hybridized carbons (Fsp3) is 0.750. The highest BCUT2D eigenvalue weighted by molar-refractivity contribution is 4.99. The van der Waals surface area contributed by atoms with Gasteiger partial charge in [-0.1, -0.05) is 5.18 Å². The molecule has 0 N–H and O–H groups in total. The normalized spacial score (nSPS) is 34.7. The van der Waals surface area contributed by atoms with E-state index in [-0.39, 0.29) is 17.9 Å². The quantitative estimate of drug-likeness (QED) is 0.550. The fourth-order valence-corrected chi connectivity index (χ4v) is 1.59. The molecule has 12 heavy (non-hydrogen) atoms. The van der Waals surface area contributed by atoms with E-state index >= 15 is 0 Å². The lowest BCUT2D eigenvalue weighted by Crippen LogP contribution is -2.23. The summed E-state index contributed by atoms with van der Waals surface area (Å²) in [5.74, 6) is -0.322. The first-order chi connectivity index (χ1) is 5.80. The fourth-order valence-electron chi connectivity index (χ4n) is 1.59. The lowest BCUT2D eigenvalue weighted by Gasteiger charge is -2.23. The minimum absolute atomic E-state index is 0.161. The van der Waals surface area contributed by atoms with Crippen LogP contribution >= 0.6 is 0 Å². The van der Waals surface area contributed by atoms with Gasteiger partial charge in [-0.15, -0.1) is 0 Å². The van der Waals surface area contributed by atoms with Crippen molar-refractivity contribution in [3.05, 3.63) is 4.91 Å². The molecule has 0 amide bonds. The van der Waals surface area contributed by atoms with Gasteiger partial charge in [0.15, 0.2) is 0 Å². The second-order valence-electron chi connectivity index (χ2n) is 3.12. The van der Waals surface area contributed by atoms with Crippen LogP contribution in [0.3, 0.4) is 0 Å². The summed E-state index contributed by atoms with van der Waals surface area (Å²) in [6.07, 6.45) is 1.65. The van der Waals surface area contributed by atoms with Gasteiger partial charge in [0, 0.05) is 11.8 Å². The first kappa shape index (κ1) is 8.67. The Bertz CT molecular complexity index is 228. The van der Waals surface area contributed by atoms with Crippen molar-refractivity contribution >= 4 is 0 Å². The average molecular weight is 163 g/mol. The molecule has 0 radical (unpaired) electrons. The highest BCUT2D eigenvalue weighted by Crippen LogP contribution is 2.29. The number of nitrogens with zero attached hydrogens (tertiary/aromatic N) is 3. The van der Waals surface area contributed by atoms with Gasteiger partial charge in [-0.2, -0.15) is 15.4 Å². The third-order valence-corrected chi connectivity index (χ3v) is 2.20. The monoisotopic (exact) mass is 163 g/mol. The molecule has 0 aliphatic heterocycles. The van der Waals surface area contributed by atoms with E-state index in [4.69, 9.17) is 10.5 Å². The van der Waals surface area contributed by atoms with Crippen LogP contribution in [0.5, 0.6) is 0 Å². The van der Waals surface area contributed by atoms with Crippen LogP contribution in [0, 0.1) is 39.4 Å². The van der Waals surface area contributed by atoms with E-state index in [0.717, 1.165) is 0 Å². The maximum absolute atomic E-state index is 10.2. The van der Waals surface area contributed by atoms with Gasteiger partial charge in [0.05, 0.1) is 18.2 Å². The molecule has 4 nitrogen and oxygen atoms in total. The van der Waals surface area contributed by atoms with Crippen LogP contribution in [0.15, 0.2) is 5.18 Å². The Kier molecular flexibility index (Phi) is 2.76. The summed E-state index contributed by atoms with van der Waals surface area (Å²) in [6, 6.07) is 3.84. The van der Waals surface area contributed by atoms with Crippen molar-refractivity contribution in [1.29, 1.82) is 10.5 Å². The lowest BCUT2D eigenvalue weighted by atomic mass is 9.80. The van der Waals surface area contributed by atoms with Gasteiger partial charge in [-0.05, 0) is 19.3 Å². The number of hydrogen-bond donors (Lipinski definition) is 0. The number of nitroso groups, excluding NO2 is 1. The molecule has 62 valence electrons. The standard InChI is InChI=1S/C8H9N3O/c9-4-6-1-7(5-10)3-8(2-6)11-12/h6-8H,1-3H2. The van der Waals surface area contributed by atoms with Crippen LogP contribution in [0.1, 0.15) is 19.3 Å². The Morgan fingerprint density at radius 1 is 1.08 bits per heavy atom. The predicted molar refractivity (Wildman–Crippen MR) is 41.6 cm³/mol. The molecule has 0 spiro atoms. The molecule has 0 saturated heterocycles. The topological polar surface area (TPSA) is 77.0 Å². The van der Waals surface area contributed by atoms with Crippen LogP contribution in [0.2, 0.25) is 0 Å². The summed E-state index contributed by atoms with van der Waals surface area (Å²) >= 11 is 0. The third kappa shape index (κ3) is 1.79. The SMILES string of the molecule is N#CC1CC(C#N)CC(N=O)C1. The Hall–Kier alpha value is -1.42. The number of rotatable bonds is 1. The van der Waals surface area contributed by atoms with Gasteiger partial charge in [-0.3, -0.25) is 0 Å². The van der Waals surface area contributed by atoms with Crippen molar-refractivity contribution in [2.24, 2.45) is 17.0 Å². The van der Waals surface area contributed by atoms with E-state index in [0.29, 0.717) is 19.3 Å². The zero-order chi connectivity index (χ0) is 8.97. The molecule has 0 bridgehead atoms. The van der Waals surface area contributed by atoms with Crippen LogP contribution in [0.25, 0.3) is 0 Å². The first-order valence-electron chi connectivity index (χ1n) is 3.91. The van der Waals surface area contributed by atoms with Crippen LogP contribution in [-0.2, 0) is 0 Å². The van der Waals surface area contributed by atoms with E-state index in [1.807, 2.05) is 0 Å². The van der Waals surface area contributed by atoms with Gasteiger partial charge in [0.25, 0.3) is 0 Å². The average Bonchev–Trinajstić information content (AvgIpc) is 2.16. The van der Waals surface area contributed by atoms with Gasteiger partial charge in [0.2, 0.25) is 0 Å². The summed E-state index contributed by atoms with van der Waals surface area (Å²) in [7, 11) is 0. The molecule has 0 aromatic heterocycles. The van der Waals surface area contributed by atoms with Crippen LogP contribution < -0.4 is 0 Å². The lowest BCUT2D eigenvalue weighted by molar-refractivity contribution is 0.325. The Balaban J connectivity index is 2.61. The van der Waals surface area contributed by atoms with Gasteiger partial charge in [0.1, 0.15) is 0 Å². The van der Waals surface area contributed by atoms with Crippen molar-refractivity contribution in [3.8, 4) is 12.1 Å². The molecule has 0 aromatic carbocycles. The highest BCUT2D eigenvalue weighted by atomic mass is 16.3. The molecular weight excluding hydrogens is 154 g/mol. The number of hydrogen-bond acceptors (Lipinski definition) is 4. The van der Waals surface area contributed by atoms with Gasteiger partial charge < -0.3 is 0 Å². The Labute approximate surface area is 70.8 Å². The predicted octanol–water partition coefficient (Wildman–Crippen LogP) is 1.58. The van der Waals surface area contributed by atoms with Crippen molar-refractivity contribution in [2.45, 2.75) is 25.3 Å². The van der Waals surface area contributed by atoms with Gasteiger partial charge in [-0.25, -0.2) is 0 Å². The summed E-state index contributed by atoms with van der Waals surface area (Å²) in [6.45, 7) is 0. The first-order valence-corrected chi connectivity index (χ1v) is 3.91. The zero-order valence-corrected chi connectivity index (χ0v) is 6.60. The van der Waals surface area contributed by atoms with E-state index in [1.165, 1.54) is 0 Å². The van der Waals surface area contributed by atoms with Crippen molar-refractivity contribution in [2.75, 3.05) is 0 Å². The molecule has 1 saturated carbocycles. The maximum atomic E-state index is 10.2. The zero-order valence-electron chi connectivity index (χ0n) is 6.60. The minimum Gasteiger partial charge on any atom is -0.198 e. The van der Waals surface area contributed by atoms with Gasteiger partial charge >= 0.3 is 0 Å². The third-order valence-electron chi connectivity index (χ3n) is 2.20. The molecule has 2 atom stereocenters. The Morgan fingerprint density at radius 2 is 1.58 bits per heavy atom. The molecule has 2 unspecified atom stereocenters. The van der Waals surface area contributed by atoms with E-state index in [9.17, 15) is 4.91 Å². The molecule has 1 aliphatic carbocycles. The maximum Gasteiger partial charge on any atom is 0.0944 e.